The van der Waals surface area contributed by atoms with Gasteiger partial charge in [-0.1, -0.05) is 23.2 Å². The van der Waals surface area contributed by atoms with Gasteiger partial charge in [0.15, 0.2) is 0 Å². The van der Waals surface area contributed by atoms with Crippen molar-refractivity contribution < 1.29 is 14.3 Å². The Kier molecular flexibility index (Phi) is 6.16. The molecule has 0 aliphatic heterocycles. The van der Waals surface area contributed by atoms with E-state index in [0.29, 0.717) is 27.4 Å². The summed E-state index contributed by atoms with van der Waals surface area (Å²) in [6.45, 7) is 0. The van der Waals surface area contributed by atoms with Gasteiger partial charge in [-0.2, -0.15) is 0 Å². The smallest absolute Gasteiger partial charge is 0.316 e. The zero-order chi connectivity index (χ0) is 18.5. The fourth-order valence-electron chi connectivity index (χ4n) is 2.96. The molecule has 26 heavy (non-hydrogen) atoms. The second-order valence-electron chi connectivity index (χ2n) is 6.09. The number of nitrogens with zero attached hydrogens (tertiary/aromatic N) is 2. The molecule has 1 amide bonds. The van der Waals surface area contributed by atoms with Crippen molar-refractivity contribution in [1.82, 2.24) is 15.3 Å². The first kappa shape index (κ1) is 18.7. The average molecular weight is 396 g/mol. The number of hydrogen-bond donors (Lipinski definition) is 1. The van der Waals surface area contributed by atoms with Gasteiger partial charge in [-0.3, -0.25) is 4.79 Å². The number of aromatic nitrogens is 2. The first-order chi connectivity index (χ1) is 12.5. The van der Waals surface area contributed by atoms with Crippen molar-refractivity contribution in [2.75, 3.05) is 7.11 Å². The van der Waals surface area contributed by atoms with E-state index in [0.717, 1.165) is 25.7 Å². The molecule has 138 valence electrons. The van der Waals surface area contributed by atoms with Gasteiger partial charge in [0, 0.05) is 11.1 Å². The zero-order valence-electron chi connectivity index (χ0n) is 14.2. The first-order valence-corrected chi connectivity index (χ1v) is 9.09. The van der Waals surface area contributed by atoms with Crippen LogP contribution in [0.1, 0.15) is 36.0 Å². The number of rotatable bonds is 5. The largest absolute Gasteiger partial charge is 0.496 e. The molecular formula is C18H19Cl2N3O3. The molecule has 1 aliphatic rings. The standard InChI is InChI=1S/C18H19Cl2N3O3/c1-25-16-7-2-11(19)8-15(16)17(24)23-13-3-5-14(6-4-13)26-18-21-9-12(20)10-22-18/h2,7-10,13-14H,3-6H2,1H3,(H,23,24). The van der Waals surface area contributed by atoms with Gasteiger partial charge >= 0.3 is 6.01 Å². The third-order valence-corrected chi connectivity index (χ3v) is 4.71. The molecule has 1 aromatic heterocycles. The Morgan fingerprint density at radius 1 is 1.12 bits per heavy atom. The molecule has 0 radical (unpaired) electrons. The SMILES string of the molecule is COc1ccc(Cl)cc1C(=O)NC1CCC(Oc2ncc(Cl)cn2)CC1. The van der Waals surface area contributed by atoms with Crippen molar-refractivity contribution in [1.29, 1.82) is 0 Å². The quantitative estimate of drug-likeness (QED) is 0.830. The number of ether oxygens (including phenoxy) is 2. The number of halogens is 2. The summed E-state index contributed by atoms with van der Waals surface area (Å²) in [6, 6.07) is 5.40. The van der Waals surface area contributed by atoms with E-state index in [1.165, 1.54) is 19.5 Å². The summed E-state index contributed by atoms with van der Waals surface area (Å²) < 4.78 is 11.0. The summed E-state index contributed by atoms with van der Waals surface area (Å²) in [6.07, 6.45) is 6.29. The van der Waals surface area contributed by atoms with Crippen LogP contribution in [0.15, 0.2) is 30.6 Å². The minimum Gasteiger partial charge on any atom is -0.496 e. The van der Waals surface area contributed by atoms with Crippen LogP contribution in [0.5, 0.6) is 11.8 Å². The third kappa shape index (κ3) is 4.77. The summed E-state index contributed by atoms with van der Waals surface area (Å²) in [5, 5.41) is 4.02. The highest BCUT2D eigenvalue weighted by Gasteiger charge is 2.25. The molecule has 0 saturated heterocycles. The molecule has 8 heteroatoms. The second kappa shape index (κ2) is 8.56. The van der Waals surface area contributed by atoms with Crippen LogP contribution in [0.25, 0.3) is 0 Å². The van der Waals surface area contributed by atoms with Crippen LogP contribution < -0.4 is 14.8 Å². The topological polar surface area (TPSA) is 73.3 Å². The summed E-state index contributed by atoms with van der Waals surface area (Å²) in [4.78, 5) is 20.6. The molecule has 0 atom stereocenters. The molecule has 6 nitrogen and oxygen atoms in total. The minimum atomic E-state index is -0.185. The van der Waals surface area contributed by atoms with Crippen molar-refractivity contribution in [3.8, 4) is 11.8 Å². The lowest BCUT2D eigenvalue weighted by Gasteiger charge is -2.29. The molecule has 0 unspecified atom stereocenters. The van der Waals surface area contributed by atoms with Gasteiger partial charge in [-0.05, 0) is 43.9 Å². The van der Waals surface area contributed by atoms with Crippen LogP contribution in [-0.4, -0.2) is 35.1 Å². The summed E-state index contributed by atoms with van der Waals surface area (Å²) in [5.74, 6) is 0.318. The maximum absolute atomic E-state index is 12.5. The Labute approximate surface area is 161 Å². The van der Waals surface area contributed by atoms with Gasteiger partial charge in [-0.25, -0.2) is 9.97 Å². The predicted octanol–water partition coefficient (Wildman–Crippen LogP) is 3.91. The van der Waals surface area contributed by atoms with E-state index in [1.807, 2.05) is 0 Å². The van der Waals surface area contributed by atoms with Crippen molar-refractivity contribution in [3.05, 3.63) is 46.2 Å². The van der Waals surface area contributed by atoms with Crippen LogP contribution in [0, 0.1) is 0 Å². The highest BCUT2D eigenvalue weighted by molar-refractivity contribution is 6.31. The molecule has 1 saturated carbocycles. The molecule has 2 aromatic rings. The Morgan fingerprint density at radius 3 is 2.46 bits per heavy atom. The molecule has 1 aliphatic carbocycles. The van der Waals surface area contributed by atoms with Crippen molar-refractivity contribution in [2.24, 2.45) is 0 Å². The Morgan fingerprint density at radius 2 is 1.81 bits per heavy atom. The predicted molar refractivity (Wildman–Crippen MR) is 99.2 cm³/mol. The lowest BCUT2D eigenvalue weighted by Crippen LogP contribution is -2.39. The van der Waals surface area contributed by atoms with E-state index in [4.69, 9.17) is 32.7 Å². The fourth-order valence-corrected chi connectivity index (χ4v) is 3.23. The van der Waals surface area contributed by atoms with E-state index < -0.39 is 0 Å². The maximum Gasteiger partial charge on any atom is 0.316 e. The van der Waals surface area contributed by atoms with Crippen molar-refractivity contribution in [3.63, 3.8) is 0 Å². The van der Waals surface area contributed by atoms with Gasteiger partial charge in [-0.15, -0.1) is 0 Å². The molecule has 1 aromatic carbocycles. The van der Waals surface area contributed by atoms with Gasteiger partial charge in [0.2, 0.25) is 0 Å². The summed E-state index contributed by atoms with van der Waals surface area (Å²) >= 11 is 11.8. The molecule has 0 bridgehead atoms. The summed E-state index contributed by atoms with van der Waals surface area (Å²) in [7, 11) is 1.53. The first-order valence-electron chi connectivity index (χ1n) is 8.33. The maximum atomic E-state index is 12.5. The molecular weight excluding hydrogens is 377 g/mol. The molecule has 3 rings (SSSR count). The highest BCUT2D eigenvalue weighted by Crippen LogP contribution is 2.25. The minimum absolute atomic E-state index is 0.0324. The van der Waals surface area contributed by atoms with Crippen LogP contribution in [-0.2, 0) is 0 Å². The lowest BCUT2D eigenvalue weighted by molar-refractivity contribution is 0.0882. The Bertz CT molecular complexity index is 763. The van der Waals surface area contributed by atoms with Crippen LogP contribution >= 0.6 is 23.2 Å². The van der Waals surface area contributed by atoms with E-state index in [2.05, 4.69) is 15.3 Å². The molecule has 1 fully saturated rings. The van der Waals surface area contributed by atoms with Crippen LogP contribution in [0.3, 0.4) is 0 Å². The van der Waals surface area contributed by atoms with E-state index in [-0.39, 0.29) is 18.1 Å². The van der Waals surface area contributed by atoms with E-state index in [9.17, 15) is 4.79 Å². The van der Waals surface area contributed by atoms with Crippen molar-refractivity contribution in [2.45, 2.75) is 37.8 Å². The number of benzene rings is 1. The van der Waals surface area contributed by atoms with Crippen LogP contribution in [0.4, 0.5) is 0 Å². The Balaban J connectivity index is 1.53. The van der Waals surface area contributed by atoms with Gasteiger partial charge in [0.25, 0.3) is 5.91 Å². The van der Waals surface area contributed by atoms with Gasteiger partial charge in [0.1, 0.15) is 11.9 Å². The highest BCUT2D eigenvalue weighted by atomic mass is 35.5. The zero-order valence-corrected chi connectivity index (χ0v) is 15.8. The van der Waals surface area contributed by atoms with E-state index >= 15 is 0 Å². The fraction of sp³-hybridized carbons (Fsp3) is 0.389. The number of hydrogen-bond acceptors (Lipinski definition) is 5. The number of carbonyl (C=O) groups excluding carboxylic acids is 1. The summed E-state index contributed by atoms with van der Waals surface area (Å²) in [5.41, 5.74) is 0.438. The number of methoxy groups -OCH3 is 1. The average Bonchev–Trinajstić information content (AvgIpc) is 2.65. The van der Waals surface area contributed by atoms with Crippen molar-refractivity contribution >= 4 is 29.1 Å². The molecule has 1 N–H and O–H groups in total. The van der Waals surface area contributed by atoms with Crippen LogP contribution in [0.2, 0.25) is 10.0 Å². The normalized spacial score (nSPS) is 19.7. The lowest BCUT2D eigenvalue weighted by atomic mass is 9.92. The monoisotopic (exact) mass is 395 g/mol. The second-order valence-corrected chi connectivity index (χ2v) is 6.97. The van der Waals surface area contributed by atoms with E-state index in [1.54, 1.807) is 18.2 Å². The third-order valence-electron chi connectivity index (χ3n) is 4.28. The Hall–Kier alpha value is -2.05. The molecule has 0 spiro atoms. The molecule has 1 heterocycles. The number of amides is 1. The number of nitrogens with one attached hydrogen (secondary N) is 1. The van der Waals surface area contributed by atoms with Gasteiger partial charge < -0.3 is 14.8 Å². The number of carbonyl (C=O) groups is 1. The van der Waals surface area contributed by atoms with Gasteiger partial charge in [0.05, 0.1) is 30.1 Å².